The van der Waals surface area contributed by atoms with Crippen molar-refractivity contribution < 1.29 is 0 Å². The Morgan fingerprint density at radius 2 is 2.05 bits per heavy atom. The number of anilines is 1. The highest BCUT2D eigenvalue weighted by molar-refractivity contribution is 7.14. The summed E-state index contributed by atoms with van der Waals surface area (Å²) < 4.78 is 0. The van der Waals surface area contributed by atoms with Crippen LogP contribution in [0.25, 0.3) is 10.6 Å². The van der Waals surface area contributed by atoms with Crippen molar-refractivity contribution in [3.63, 3.8) is 0 Å². The second kappa shape index (κ2) is 5.77. The van der Waals surface area contributed by atoms with Crippen LogP contribution in [0.15, 0.2) is 40.4 Å². The zero-order chi connectivity index (χ0) is 13.9. The van der Waals surface area contributed by atoms with Crippen molar-refractivity contribution in [1.29, 1.82) is 0 Å². The van der Waals surface area contributed by atoms with E-state index in [4.69, 9.17) is 0 Å². The molecule has 0 saturated carbocycles. The van der Waals surface area contributed by atoms with Gasteiger partial charge in [0.15, 0.2) is 0 Å². The first kappa shape index (κ1) is 13.3. The van der Waals surface area contributed by atoms with Crippen molar-refractivity contribution in [3.05, 3.63) is 57.2 Å². The van der Waals surface area contributed by atoms with Crippen LogP contribution in [-0.2, 0) is 6.54 Å². The molecule has 20 heavy (non-hydrogen) atoms. The van der Waals surface area contributed by atoms with E-state index in [-0.39, 0.29) is 0 Å². The molecule has 102 valence electrons. The fourth-order valence-corrected chi connectivity index (χ4v) is 3.55. The van der Waals surface area contributed by atoms with Crippen LogP contribution in [0.4, 0.5) is 5.69 Å². The maximum Gasteiger partial charge on any atom is 0.124 e. The summed E-state index contributed by atoms with van der Waals surface area (Å²) in [6, 6.07) is 8.58. The van der Waals surface area contributed by atoms with Crippen molar-refractivity contribution in [1.82, 2.24) is 4.98 Å². The molecule has 1 aromatic carbocycles. The molecule has 0 saturated heterocycles. The topological polar surface area (TPSA) is 24.9 Å². The van der Waals surface area contributed by atoms with E-state index in [9.17, 15) is 0 Å². The summed E-state index contributed by atoms with van der Waals surface area (Å²) in [6.45, 7) is 5.01. The second-order valence-corrected chi connectivity index (χ2v) is 6.47. The standard InChI is InChI=1S/C16H16N2S2/c1-11-3-4-12(2)15(7-11)17-8-14-10-20-16(18-14)13-5-6-19-9-13/h3-7,9-10,17H,8H2,1-2H3. The monoisotopic (exact) mass is 300 g/mol. The van der Waals surface area contributed by atoms with Gasteiger partial charge in [-0.05, 0) is 42.5 Å². The Morgan fingerprint density at radius 1 is 1.15 bits per heavy atom. The van der Waals surface area contributed by atoms with Crippen molar-refractivity contribution in [2.24, 2.45) is 0 Å². The fourth-order valence-electron chi connectivity index (χ4n) is 2.02. The Labute approximate surface area is 127 Å². The van der Waals surface area contributed by atoms with Crippen LogP contribution in [0.3, 0.4) is 0 Å². The van der Waals surface area contributed by atoms with Gasteiger partial charge in [0.25, 0.3) is 0 Å². The summed E-state index contributed by atoms with van der Waals surface area (Å²) in [6.07, 6.45) is 0. The van der Waals surface area contributed by atoms with Gasteiger partial charge in [0.1, 0.15) is 5.01 Å². The third kappa shape index (κ3) is 2.92. The predicted octanol–water partition coefficient (Wildman–Crippen LogP) is 5.10. The lowest BCUT2D eigenvalue weighted by molar-refractivity contribution is 1.07. The molecule has 0 spiro atoms. The molecule has 2 nitrogen and oxygen atoms in total. The van der Waals surface area contributed by atoms with Gasteiger partial charge >= 0.3 is 0 Å². The van der Waals surface area contributed by atoms with Crippen molar-refractivity contribution in [2.45, 2.75) is 20.4 Å². The van der Waals surface area contributed by atoms with Crippen LogP contribution < -0.4 is 5.32 Å². The van der Waals surface area contributed by atoms with Crippen LogP contribution >= 0.6 is 22.7 Å². The van der Waals surface area contributed by atoms with E-state index < -0.39 is 0 Å². The molecule has 3 aromatic rings. The minimum Gasteiger partial charge on any atom is -0.379 e. The molecule has 2 heterocycles. The quantitative estimate of drug-likeness (QED) is 0.725. The Balaban J connectivity index is 1.71. The SMILES string of the molecule is Cc1ccc(C)c(NCc2csc(-c3ccsc3)n2)c1. The molecular weight excluding hydrogens is 284 g/mol. The number of thiophene rings is 1. The third-order valence-corrected chi connectivity index (χ3v) is 4.80. The number of rotatable bonds is 4. The molecule has 0 amide bonds. The van der Waals surface area contributed by atoms with Gasteiger partial charge in [-0.25, -0.2) is 4.98 Å². The van der Waals surface area contributed by atoms with E-state index in [0.29, 0.717) is 0 Å². The molecule has 0 atom stereocenters. The Hall–Kier alpha value is -1.65. The molecular formula is C16H16N2S2. The molecule has 0 aliphatic rings. The van der Waals surface area contributed by atoms with Gasteiger partial charge in [0, 0.05) is 22.0 Å². The summed E-state index contributed by atoms with van der Waals surface area (Å²) >= 11 is 3.41. The minimum absolute atomic E-state index is 0.769. The minimum atomic E-state index is 0.769. The zero-order valence-corrected chi connectivity index (χ0v) is 13.1. The number of hydrogen-bond acceptors (Lipinski definition) is 4. The van der Waals surface area contributed by atoms with Gasteiger partial charge in [-0.15, -0.1) is 11.3 Å². The van der Waals surface area contributed by atoms with Gasteiger partial charge in [-0.1, -0.05) is 12.1 Å². The highest BCUT2D eigenvalue weighted by atomic mass is 32.1. The highest BCUT2D eigenvalue weighted by Gasteiger charge is 2.05. The van der Waals surface area contributed by atoms with E-state index in [2.05, 4.69) is 64.6 Å². The van der Waals surface area contributed by atoms with Gasteiger partial charge < -0.3 is 5.32 Å². The van der Waals surface area contributed by atoms with Crippen molar-refractivity contribution >= 4 is 28.4 Å². The maximum absolute atomic E-state index is 4.68. The fraction of sp³-hybridized carbons (Fsp3) is 0.188. The Bertz CT molecular complexity index is 699. The van der Waals surface area contributed by atoms with Crippen molar-refractivity contribution in [2.75, 3.05) is 5.32 Å². The lowest BCUT2D eigenvalue weighted by Gasteiger charge is -2.09. The van der Waals surface area contributed by atoms with Crippen molar-refractivity contribution in [3.8, 4) is 10.6 Å². The van der Waals surface area contributed by atoms with E-state index in [0.717, 1.165) is 17.2 Å². The first-order chi connectivity index (χ1) is 9.72. The first-order valence-electron chi connectivity index (χ1n) is 6.50. The Kier molecular flexibility index (Phi) is 3.85. The lowest BCUT2D eigenvalue weighted by Crippen LogP contribution is -2.01. The van der Waals surface area contributed by atoms with Gasteiger partial charge in [0.2, 0.25) is 0 Å². The number of thiazole rings is 1. The molecule has 0 aliphatic carbocycles. The maximum atomic E-state index is 4.68. The van der Waals surface area contributed by atoms with Crippen LogP contribution in [0.1, 0.15) is 16.8 Å². The van der Waals surface area contributed by atoms with Gasteiger partial charge in [0.05, 0.1) is 12.2 Å². The molecule has 3 rings (SSSR count). The summed E-state index contributed by atoms with van der Waals surface area (Å²) in [5.74, 6) is 0. The summed E-state index contributed by atoms with van der Waals surface area (Å²) in [4.78, 5) is 4.68. The number of aryl methyl sites for hydroxylation is 2. The highest BCUT2D eigenvalue weighted by Crippen LogP contribution is 2.26. The van der Waals surface area contributed by atoms with Crippen LogP contribution in [0.2, 0.25) is 0 Å². The Morgan fingerprint density at radius 3 is 2.85 bits per heavy atom. The van der Waals surface area contributed by atoms with E-state index in [1.54, 1.807) is 22.7 Å². The predicted molar refractivity (Wildman–Crippen MR) is 88.7 cm³/mol. The van der Waals surface area contributed by atoms with Crippen LogP contribution in [-0.4, -0.2) is 4.98 Å². The first-order valence-corrected chi connectivity index (χ1v) is 8.33. The van der Waals surface area contributed by atoms with E-state index in [1.807, 2.05) is 0 Å². The lowest BCUT2D eigenvalue weighted by atomic mass is 10.1. The molecule has 0 radical (unpaired) electrons. The third-order valence-electron chi connectivity index (χ3n) is 3.17. The molecule has 2 aromatic heterocycles. The summed E-state index contributed by atoms with van der Waals surface area (Å²) in [5.41, 5.74) is 6.05. The van der Waals surface area contributed by atoms with Gasteiger partial charge in [-0.2, -0.15) is 11.3 Å². The zero-order valence-electron chi connectivity index (χ0n) is 11.5. The molecule has 0 bridgehead atoms. The normalized spacial score (nSPS) is 10.7. The molecule has 4 heteroatoms. The number of hydrogen-bond donors (Lipinski definition) is 1. The molecule has 0 fully saturated rings. The smallest absolute Gasteiger partial charge is 0.124 e. The molecule has 1 N–H and O–H groups in total. The summed E-state index contributed by atoms with van der Waals surface area (Å²) in [7, 11) is 0. The average Bonchev–Trinajstić information content (AvgIpc) is 3.09. The number of nitrogens with zero attached hydrogens (tertiary/aromatic N) is 1. The average molecular weight is 300 g/mol. The molecule has 0 unspecified atom stereocenters. The van der Waals surface area contributed by atoms with E-state index >= 15 is 0 Å². The second-order valence-electron chi connectivity index (χ2n) is 4.83. The van der Waals surface area contributed by atoms with Crippen LogP contribution in [0, 0.1) is 13.8 Å². The van der Waals surface area contributed by atoms with Gasteiger partial charge in [-0.3, -0.25) is 0 Å². The summed E-state index contributed by atoms with van der Waals surface area (Å²) in [5, 5.41) is 10.9. The largest absolute Gasteiger partial charge is 0.379 e. The number of aromatic nitrogens is 1. The van der Waals surface area contributed by atoms with Crippen LogP contribution in [0.5, 0.6) is 0 Å². The number of nitrogens with one attached hydrogen (secondary N) is 1. The van der Waals surface area contributed by atoms with E-state index in [1.165, 1.54) is 22.4 Å². The molecule has 0 aliphatic heterocycles. The number of benzene rings is 1.